The molecule has 0 spiro atoms. The largest absolute Gasteiger partial charge is 0.392 e. The lowest BCUT2D eigenvalue weighted by molar-refractivity contribution is -0.112. The summed E-state index contributed by atoms with van der Waals surface area (Å²) in [6.07, 6.45) is 12.5. The van der Waals surface area contributed by atoms with E-state index in [9.17, 15) is 9.90 Å². The SMILES string of the molecule is C=C1C[C@H]2C(=CC1=O)CC[C@@H]1[C@@H]2CC[C@@]2(C)[C@H]1CC[C@@]2(O)/C=C\CO. The molecule has 0 radical (unpaired) electrons. The molecule has 0 heterocycles. The molecule has 4 aliphatic rings. The molecule has 3 nitrogen and oxygen atoms in total. The van der Waals surface area contributed by atoms with Crippen molar-refractivity contribution in [3.8, 4) is 0 Å². The Balaban J connectivity index is 1.63. The first-order valence-corrected chi connectivity index (χ1v) is 9.83. The fourth-order valence-electron chi connectivity index (χ4n) is 6.70. The minimum Gasteiger partial charge on any atom is -0.392 e. The lowest BCUT2D eigenvalue weighted by Crippen LogP contribution is -2.52. The monoisotopic (exact) mass is 342 g/mol. The second kappa shape index (κ2) is 5.92. The number of aliphatic hydroxyl groups is 2. The van der Waals surface area contributed by atoms with E-state index in [2.05, 4.69) is 13.5 Å². The lowest BCUT2D eigenvalue weighted by Gasteiger charge is -2.55. The lowest BCUT2D eigenvalue weighted by atomic mass is 9.50. The van der Waals surface area contributed by atoms with Gasteiger partial charge in [0.2, 0.25) is 0 Å². The molecule has 25 heavy (non-hydrogen) atoms. The normalized spacial score (nSPS) is 46.6. The molecule has 0 aromatic rings. The molecule has 136 valence electrons. The first kappa shape index (κ1) is 17.2. The van der Waals surface area contributed by atoms with E-state index in [-0.39, 0.29) is 17.8 Å². The van der Waals surface area contributed by atoms with Crippen LogP contribution in [0.3, 0.4) is 0 Å². The van der Waals surface area contributed by atoms with Gasteiger partial charge in [0.1, 0.15) is 0 Å². The number of hydrogen-bond donors (Lipinski definition) is 2. The Bertz CT molecular complexity index is 660. The molecule has 0 amide bonds. The van der Waals surface area contributed by atoms with Gasteiger partial charge in [0.15, 0.2) is 5.78 Å². The zero-order valence-electron chi connectivity index (χ0n) is 15.2. The van der Waals surface area contributed by atoms with Gasteiger partial charge in [-0.1, -0.05) is 31.2 Å². The molecule has 0 bridgehead atoms. The molecule has 6 atom stereocenters. The topological polar surface area (TPSA) is 57.5 Å². The molecule has 4 rings (SSSR count). The van der Waals surface area contributed by atoms with Gasteiger partial charge in [0.25, 0.3) is 0 Å². The third-order valence-corrected chi connectivity index (χ3v) is 8.10. The standard InChI is InChI=1S/C22H30O3/c1-14-12-18-15(13-20(14)24)4-5-17-16(18)6-9-21(2)19(17)7-10-22(21,25)8-3-11-23/h3,8,13,16-19,23,25H,1,4-7,9-12H2,2H3/b8-3-/t16-,17+,18-,19-,21-,22-/m0/s1. The highest BCUT2D eigenvalue weighted by Crippen LogP contribution is 2.65. The summed E-state index contributed by atoms with van der Waals surface area (Å²) >= 11 is 0. The Hall–Kier alpha value is -1.19. The van der Waals surface area contributed by atoms with Crippen LogP contribution in [0.2, 0.25) is 0 Å². The maximum atomic E-state index is 12.0. The summed E-state index contributed by atoms with van der Waals surface area (Å²) in [5.74, 6) is 2.43. The van der Waals surface area contributed by atoms with Gasteiger partial charge in [-0.15, -0.1) is 0 Å². The number of allylic oxidation sites excluding steroid dienone is 2. The molecule has 3 heteroatoms. The number of carbonyl (C=O) groups excluding carboxylic acids is 1. The summed E-state index contributed by atoms with van der Waals surface area (Å²) < 4.78 is 0. The van der Waals surface area contributed by atoms with Crippen LogP contribution in [-0.4, -0.2) is 28.2 Å². The number of ketones is 1. The molecular formula is C22H30O3. The van der Waals surface area contributed by atoms with Crippen molar-refractivity contribution >= 4 is 5.78 Å². The highest BCUT2D eigenvalue weighted by molar-refractivity contribution is 6.05. The number of aliphatic hydroxyl groups excluding tert-OH is 1. The Labute approximate surface area is 150 Å². The fourth-order valence-corrected chi connectivity index (χ4v) is 6.70. The molecule has 4 aliphatic carbocycles. The van der Waals surface area contributed by atoms with Gasteiger partial charge in [-0.05, 0) is 80.3 Å². The quantitative estimate of drug-likeness (QED) is 0.596. The van der Waals surface area contributed by atoms with Crippen LogP contribution in [0, 0.1) is 29.1 Å². The summed E-state index contributed by atoms with van der Waals surface area (Å²) in [7, 11) is 0. The molecule has 0 unspecified atom stereocenters. The maximum Gasteiger partial charge on any atom is 0.181 e. The number of hydrogen-bond acceptors (Lipinski definition) is 3. The summed E-state index contributed by atoms with van der Waals surface area (Å²) in [6.45, 7) is 6.24. The molecule has 3 saturated carbocycles. The van der Waals surface area contributed by atoms with Crippen molar-refractivity contribution in [3.63, 3.8) is 0 Å². The summed E-state index contributed by atoms with van der Waals surface area (Å²) in [4.78, 5) is 12.0. The van der Waals surface area contributed by atoms with E-state index in [1.54, 1.807) is 6.08 Å². The van der Waals surface area contributed by atoms with Crippen LogP contribution in [0.25, 0.3) is 0 Å². The average molecular weight is 342 g/mol. The number of rotatable bonds is 2. The van der Waals surface area contributed by atoms with E-state index in [0.717, 1.165) is 50.5 Å². The van der Waals surface area contributed by atoms with Crippen molar-refractivity contribution in [2.75, 3.05) is 6.61 Å². The predicted octanol–water partition coefficient (Wildman–Crippen LogP) is 3.57. The smallest absolute Gasteiger partial charge is 0.181 e. The minimum absolute atomic E-state index is 0.0124. The predicted molar refractivity (Wildman–Crippen MR) is 97.8 cm³/mol. The highest BCUT2D eigenvalue weighted by atomic mass is 16.3. The third kappa shape index (κ3) is 2.43. The molecule has 0 aromatic carbocycles. The molecular weight excluding hydrogens is 312 g/mol. The Morgan fingerprint density at radius 1 is 1.28 bits per heavy atom. The highest BCUT2D eigenvalue weighted by Gasteiger charge is 2.61. The number of fused-ring (bicyclic) bond motifs is 5. The molecule has 0 saturated heterocycles. The fraction of sp³-hybridized carbons (Fsp3) is 0.682. The second-order valence-electron chi connectivity index (χ2n) is 8.97. The first-order chi connectivity index (χ1) is 11.9. The average Bonchev–Trinajstić information content (AvgIpc) is 2.86. The van der Waals surface area contributed by atoms with Gasteiger partial charge < -0.3 is 10.2 Å². The van der Waals surface area contributed by atoms with Crippen molar-refractivity contribution < 1.29 is 15.0 Å². The van der Waals surface area contributed by atoms with E-state index in [1.807, 2.05) is 12.2 Å². The summed E-state index contributed by atoms with van der Waals surface area (Å²) in [6, 6.07) is 0. The molecule has 0 aromatic heterocycles. The number of carbonyl (C=O) groups is 1. The van der Waals surface area contributed by atoms with E-state index >= 15 is 0 Å². The van der Waals surface area contributed by atoms with Crippen LogP contribution in [0.15, 0.2) is 36.0 Å². The van der Waals surface area contributed by atoms with Crippen molar-refractivity contribution in [2.24, 2.45) is 29.1 Å². The van der Waals surface area contributed by atoms with Crippen LogP contribution in [0.1, 0.15) is 51.9 Å². The van der Waals surface area contributed by atoms with Crippen LogP contribution < -0.4 is 0 Å². The summed E-state index contributed by atoms with van der Waals surface area (Å²) in [5, 5.41) is 20.5. The van der Waals surface area contributed by atoms with Crippen molar-refractivity contribution in [2.45, 2.75) is 57.5 Å². The van der Waals surface area contributed by atoms with E-state index < -0.39 is 5.60 Å². The third-order valence-electron chi connectivity index (χ3n) is 8.10. The second-order valence-corrected chi connectivity index (χ2v) is 8.97. The Kier molecular flexibility index (Phi) is 4.08. The molecule has 2 N–H and O–H groups in total. The van der Waals surface area contributed by atoms with Crippen LogP contribution in [0.4, 0.5) is 0 Å². The van der Waals surface area contributed by atoms with Crippen molar-refractivity contribution in [3.05, 3.63) is 36.0 Å². The first-order valence-electron chi connectivity index (χ1n) is 9.83. The van der Waals surface area contributed by atoms with E-state index in [0.29, 0.717) is 23.7 Å². The zero-order valence-corrected chi connectivity index (χ0v) is 15.2. The van der Waals surface area contributed by atoms with Gasteiger partial charge in [-0.3, -0.25) is 4.79 Å². The Morgan fingerprint density at radius 3 is 2.84 bits per heavy atom. The molecule has 0 aliphatic heterocycles. The Morgan fingerprint density at radius 2 is 2.08 bits per heavy atom. The zero-order chi connectivity index (χ0) is 17.8. The maximum absolute atomic E-state index is 12.0. The van der Waals surface area contributed by atoms with Crippen LogP contribution in [0.5, 0.6) is 0 Å². The van der Waals surface area contributed by atoms with Crippen LogP contribution in [-0.2, 0) is 4.79 Å². The molecule has 3 fully saturated rings. The van der Waals surface area contributed by atoms with Gasteiger partial charge in [-0.25, -0.2) is 0 Å². The van der Waals surface area contributed by atoms with Crippen LogP contribution >= 0.6 is 0 Å². The van der Waals surface area contributed by atoms with E-state index in [1.165, 1.54) is 5.57 Å². The van der Waals surface area contributed by atoms with Gasteiger partial charge in [0.05, 0.1) is 12.2 Å². The van der Waals surface area contributed by atoms with Gasteiger partial charge in [0, 0.05) is 5.41 Å². The summed E-state index contributed by atoms with van der Waals surface area (Å²) in [5.41, 5.74) is 1.25. The van der Waals surface area contributed by atoms with Gasteiger partial charge in [-0.2, -0.15) is 0 Å². The van der Waals surface area contributed by atoms with Crippen molar-refractivity contribution in [1.29, 1.82) is 0 Å². The van der Waals surface area contributed by atoms with Crippen molar-refractivity contribution in [1.82, 2.24) is 0 Å². The minimum atomic E-state index is -0.784. The van der Waals surface area contributed by atoms with Gasteiger partial charge >= 0.3 is 0 Å². The van der Waals surface area contributed by atoms with E-state index in [4.69, 9.17) is 5.11 Å².